The molecule has 0 atom stereocenters. The second kappa shape index (κ2) is 7.25. The molecular weight excluding hydrogens is 204 g/mol. The fraction of sp³-hybridized carbons (Fsp3) is 0.833. The van der Waals surface area contributed by atoms with Crippen molar-refractivity contribution in [1.29, 1.82) is 0 Å². The Labute approximate surface area is 98.2 Å². The van der Waals surface area contributed by atoms with Crippen LogP contribution in [-0.4, -0.2) is 24.9 Å². The van der Waals surface area contributed by atoms with E-state index in [0.29, 0.717) is 19.4 Å². The number of carbonyl (C=O) groups excluding carboxylic acids is 2. The average molecular weight is 228 g/mol. The van der Waals surface area contributed by atoms with Crippen LogP contribution in [0.1, 0.15) is 47.0 Å². The average Bonchev–Trinajstić information content (AvgIpc) is 2.19. The van der Waals surface area contributed by atoms with Gasteiger partial charge in [0, 0.05) is 24.9 Å². The summed E-state index contributed by atoms with van der Waals surface area (Å²) < 4.78 is 0. The lowest BCUT2D eigenvalue weighted by Gasteiger charge is -2.17. The monoisotopic (exact) mass is 228 g/mol. The minimum absolute atomic E-state index is 0.0291. The number of amides is 2. The molecule has 4 nitrogen and oxygen atoms in total. The summed E-state index contributed by atoms with van der Waals surface area (Å²) in [6.45, 7) is 8.93. The van der Waals surface area contributed by atoms with E-state index in [2.05, 4.69) is 10.6 Å². The van der Waals surface area contributed by atoms with E-state index in [0.717, 1.165) is 13.0 Å². The summed E-state index contributed by atoms with van der Waals surface area (Å²) in [6, 6.07) is 0. The quantitative estimate of drug-likeness (QED) is 0.676. The van der Waals surface area contributed by atoms with Gasteiger partial charge >= 0.3 is 0 Å². The van der Waals surface area contributed by atoms with Crippen molar-refractivity contribution >= 4 is 11.8 Å². The van der Waals surface area contributed by atoms with E-state index >= 15 is 0 Å². The maximum absolute atomic E-state index is 11.5. The van der Waals surface area contributed by atoms with Crippen LogP contribution in [0.5, 0.6) is 0 Å². The van der Waals surface area contributed by atoms with Crippen LogP contribution in [0.4, 0.5) is 0 Å². The highest BCUT2D eigenvalue weighted by molar-refractivity contribution is 5.81. The van der Waals surface area contributed by atoms with Crippen LogP contribution in [0.2, 0.25) is 0 Å². The summed E-state index contributed by atoms with van der Waals surface area (Å²) in [5.74, 6) is 0.0910. The van der Waals surface area contributed by atoms with Crippen LogP contribution < -0.4 is 10.6 Å². The number of hydrogen-bond acceptors (Lipinski definition) is 2. The predicted octanol–water partition coefficient (Wildman–Crippen LogP) is 1.46. The first kappa shape index (κ1) is 14.9. The van der Waals surface area contributed by atoms with Crippen molar-refractivity contribution in [2.75, 3.05) is 13.1 Å². The largest absolute Gasteiger partial charge is 0.356 e. The third kappa shape index (κ3) is 7.26. The van der Waals surface area contributed by atoms with Crippen LogP contribution in [0.15, 0.2) is 0 Å². The lowest BCUT2D eigenvalue weighted by Crippen LogP contribution is -2.35. The van der Waals surface area contributed by atoms with Crippen LogP contribution in [-0.2, 0) is 9.59 Å². The van der Waals surface area contributed by atoms with Gasteiger partial charge in [-0.05, 0) is 12.8 Å². The van der Waals surface area contributed by atoms with Gasteiger partial charge in [0.1, 0.15) is 0 Å². The molecule has 0 fully saturated rings. The molecule has 0 unspecified atom stereocenters. The molecular formula is C12H24N2O2. The zero-order valence-corrected chi connectivity index (χ0v) is 10.9. The van der Waals surface area contributed by atoms with Gasteiger partial charge in [-0.1, -0.05) is 27.7 Å². The molecule has 0 bridgehead atoms. The zero-order valence-electron chi connectivity index (χ0n) is 10.9. The van der Waals surface area contributed by atoms with Crippen LogP contribution in [0.25, 0.3) is 0 Å². The first-order chi connectivity index (χ1) is 7.38. The molecule has 0 radical (unpaired) electrons. The second-order valence-electron chi connectivity index (χ2n) is 4.96. The Hall–Kier alpha value is -1.06. The fourth-order valence-corrected chi connectivity index (χ4v) is 1.07. The maximum atomic E-state index is 11.5. The van der Waals surface area contributed by atoms with E-state index in [1.807, 2.05) is 27.7 Å². The molecule has 0 spiro atoms. The summed E-state index contributed by atoms with van der Waals surface area (Å²) in [5, 5.41) is 5.61. The van der Waals surface area contributed by atoms with E-state index in [-0.39, 0.29) is 17.2 Å². The Kier molecular flexibility index (Phi) is 6.77. The minimum Gasteiger partial charge on any atom is -0.356 e. The highest BCUT2D eigenvalue weighted by Gasteiger charge is 2.20. The van der Waals surface area contributed by atoms with Crippen molar-refractivity contribution in [3.63, 3.8) is 0 Å². The Morgan fingerprint density at radius 2 is 1.69 bits per heavy atom. The van der Waals surface area contributed by atoms with E-state index < -0.39 is 0 Å². The molecule has 0 aliphatic rings. The van der Waals surface area contributed by atoms with Crippen LogP contribution in [0.3, 0.4) is 0 Å². The predicted molar refractivity (Wildman–Crippen MR) is 65.0 cm³/mol. The summed E-state index contributed by atoms with van der Waals surface area (Å²) >= 11 is 0. The third-order valence-corrected chi connectivity index (χ3v) is 2.12. The minimum atomic E-state index is -0.357. The molecule has 0 saturated heterocycles. The van der Waals surface area contributed by atoms with Crippen molar-refractivity contribution in [1.82, 2.24) is 10.6 Å². The molecule has 0 aromatic carbocycles. The van der Waals surface area contributed by atoms with E-state index in [4.69, 9.17) is 0 Å². The highest BCUT2D eigenvalue weighted by Crippen LogP contribution is 2.12. The Balaban J connectivity index is 3.54. The lowest BCUT2D eigenvalue weighted by atomic mass is 9.96. The number of carbonyl (C=O) groups is 2. The molecule has 4 heteroatoms. The molecule has 0 aliphatic heterocycles. The van der Waals surface area contributed by atoms with Crippen molar-refractivity contribution in [3.8, 4) is 0 Å². The van der Waals surface area contributed by atoms with Crippen molar-refractivity contribution < 1.29 is 9.59 Å². The molecule has 0 aliphatic carbocycles. The summed E-state index contributed by atoms with van der Waals surface area (Å²) in [4.78, 5) is 22.7. The molecule has 94 valence electrons. The lowest BCUT2D eigenvalue weighted by molar-refractivity contribution is -0.128. The van der Waals surface area contributed by atoms with Gasteiger partial charge in [0.05, 0.1) is 0 Å². The standard InChI is InChI=1S/C12H24N2O2/c1-5-8-13-10(15)7-6-9-14-11(16)12(2,3)4/h5-9H2,1-4H3,(H,13,15)(H,14,16). The molecule has 2 N–H and O–H groups in total. The topological polar surface area (TPSA) is 58.2 Å². The molecule has 0 rings (SSSR count). The number of hydrogen-bond donors (Lipinski definition) is 2. The molecule has 0 heterocycles. The fourth-order valence-electron chi connectivity index (χ4n) is 1.07. The Bertz CT molecular complexity index is 232. The van der Waals surface area contributed by atoms with Gasteiger partial charge in [-0.2, -0.15) is 0 Å². The highest BCUT2D eigenvalue weighted by atomic mass is 16.2. The molecule has 16 heavy (non-hydrogen) atoms. The van der Waals surface area contributed by atoms with Gasteiger partial charge in [-0.25, -0.2) is 0 Å². The maximum Gasteiger partial charge on any atom is 0.225 e. The third-order valence-electron chi connectivity index (χ3n) is 2.12. The van der Waals surface area contributed by atoms with E-state index in [1.165, 1.54) is 0 Å². The smallest absolute Gasteiger partial charge is 0.225 e. The van der Waals surface area contributed by atoms with Crippen LogP contribution >= 0.6 is 0 Å². The van der Waals surface area contributed by atoms with E-state index in [9.17, 15) is 9.59 Å². The SMILES string of the molecule is CCCNC(=O)CCCNC(=O)C(C)(C)C. The number of nitrogens with one attached hydrogen (secondary N) is 2. The zero-order chi connectivity index (χ0) is 12.6. The molecule has 0 saturated carbocycles. The first-order valence-electron chi connectivity index (χ1n) is 5.93. The van der Waals surface area contributed by atoms with Gasteiger partial charge in [0.2, 0.25) is 11.8 Å². The molecule has 0 aromatic heterocycles. The van der Waals surface area contributed by atoms with Crippen LogP contribution in [0, 0.1) is 5.41 Å². The van der Waals surface area contributed by atoms with E-state index in [1.54, 1.807) is 0 Å². The molecule has 0 aromatic rings. The summed E-state index contributed by atoms with van der Waals surface area (Å²) in [6.07, 6.45) is 2.12. The van der Waals surface area contributed by atoms with Gasteiger partial charge in [-0.3, -0.25) is 9.59 Å². The van der Waals surface area contributed by atoms with Crippen molar-refractivity contribution in [2.24, 2.45) is 5.41 Å². The first-order valence-corrected chi connectivity index (χ1v) is 5.93. The van der Waals surface area contributed by atoms with Crippen molar-refractivity contribution in [2.45, 2.75) is 47.0 Å². The molecule has 2 amide bonds. The Morgan fingerprint density at radius 1 is 1.06 bits per heavy atom. The summed E-state index contributed by atoms with van der Waals surface area (Å²) in [7, 11) is 0. The Morgan fingerprint density at radius 3 is 2.19 bits per heavy atom. The van der Waals surface area contributed by atoms with Gasteiger partial charge < -0.3 is 10.6 Å². The summed E-state index contributed by atoms with van der Waals surface area (Å²) in [5.41, 5.74) is -0.357. The normalized spacial score (nSPS) is 11.0. The number of rotatable bonds is 6. The van der Waals surface area contributed by atoms with Gasteiger partial charge in [-0.15, -0.1) is 0 Å². The van der Waals surface area contributed by atoms with Gasteiger partial charge in [0.15, 0.2) is 0 Å². The second-order valence-corrected chi connectivity index (χ2v) is 4.96. The van der Waals surface area contributed by atoms with Crippen molar-refractivity contribution in [3.05, 3.63) is 0 Å². The van der Waals surface area contributed by atoms with Gasteiger partial charge in [0.25, 0.3) is 0 Å².